The van der Waals surface area contributed by atoms with Crippen LogP contribution in [0.4, 0.5) is 0 Å². The summed E-state index contributed by atoms with van der Waals surface area (Å²) in [6.45, 7) is 4.33. The summed E-state index contributed by atoms with van der Waals surface area (Å²) in [7, 11) is 0. The average molecular weight is 319 g/mol. The third kappa shape index (κ3) is 3.38. The van der Waals surface area contributed by atoms with Crippen molar-refractivity contribution in [2.75, 3.05) is 6.54 Å². The molecule has 2 heterocycles. The molecule has 5 nitrogen and oxygen atoms in total. The minimum Gasteiger partial charge on any atom is -0.361 e. The first kappa shape index (κ1) is 15.2. The number of thiazole rings is 1. The molecule has 118 valence electrons. The molecule has 1 N–H and O–H groups in total. The summed E-state index contributed by atoms with van der Waals surface area (Å²) in [6, 6.07) is 0. The van der Waals surface area contributed by atoms with E-state index in [1.165, 1.54) is 29.8 Å². The van der Waals surface area contributed by atoms with Gasteiger partial charge in [0.25, 0.3) is 0 Å². The zero-order valence-corrected chi connectivity index (χ0v) is 13.9. The van der Waals surface area contributed by atoms with Crippen LogP contribution in [-0.4, -0.2) is 22.6 Å². The predicted octanol–water partition coefficient (Wildman–Crippen LogP) is 2.53. The predicted molar refractivity (Wildman–Crippen MR) is 85.2 cm³/mol. The number of amides is 1. The molecule has 1 aliphatic rings. The lowest BCUT2D eigenvalue weighted by atomic mass is 10.0. The number of aryl methyl sites for hydroxylation is 4. The van der Waals surface area contributed by atoms with E-state index in [0.717, 1.165) is 34.9 Å². The fourth-order valence-corrected chi connectivity index (χ4v) is 3.95. The maximum Gasteiger partial charge on any atom is 0.224 e. The van der Waals surface area contributed by atoms with Crippen LogP contribution in [0.2, 0.25) is 0 Å². The summed E-state index contributed by atoms with van der Waals surface area (Å²) in [5, 5.41) is 7.98. The van der Waals surface area contributed by atoms with Gasteiger partial charge in [-0.2, -0.15) is 0 Å². The molecular weight excluding hydrogens is 298 g/mol. The summed E-state index contributed by atoms with van der Waals surface area (Å²) < 4.78 is 5.08. The first-order chi connectivity index (χ1) is 10.6. The Kier molecular flexibility index (Phi) is 4.57. The van der Waals surface area contributed by atoms with Gasteiger partial charge in [0.05, 0.1) is 22.8 Å². The van der Waals surface area contributed by atoms with E-state index < -0.39 is 0 Å². The highest BCUT2D eigenvalue weighted by atomic mass is 32.1. The molecule has 0 saturated carbocycles. The number of hydrogen-bond acceptors (Lipinski definition) is 5. The summed E-state index contributed by atoms with van der Waals surface area (Å²) in [5.74, 6) is 0.732. The summed E-state index contributed by atoms with van der Waals surface area (Å²) >= 11 is 1.81. The molecule has 0 atom stereocenters. The summed E-state index contributed by atoms with van der Waals surface area (Å²) in [4.78, 5) is 18.1. The summed E-state index contributed by atoms with van der Waals surface area (Å²) in [6.07, 6.45) is 5.96. The Morgan fingerprint density at radius 1 is 1.32 bits per heavy atom. The first-order valence-electron chi connectivity index (χ1n) is 7.79. The third-order valence-electron chi connectivity index (χ3n) is 4.07. The highest BCUT2D eigenvalue weighted by molar-refractivity contribution is 7.11. The smallest absolute Gasteiger partial charge is 0.224 e. The van der Waals surface area contributed by atoms with Gasteiger partial charge in [-0.3, -0.25) is 4.79 Å². The van der Waals surface area contributed by atoms with E-state index in [-0.39, 0.29) is 5.91 Å². The molecule has 3 rings (SSSR count). The Hall–Kier alpha value is -1.69. The quantitative estimate of drug-likeness (QED) is 0.919. The van der Waals surface area contributed by atoms with Gasteiger partial charge in [0.1, 0.15) is 5.76 Å². The van der Waals surface area contributed by atoms with Crippen molar-refractivity contribution < 1.29 is 9.32 Å². The van der Waals surface area contributed by atoms with Gasteiger partial charge in [0.2, 0.25) is 5.91 Å². The molecule has 0 aromatic carbocycles. The zero-order chi connectivity index (χ0) is 15.5. The van der Waals surface area contributed by atoms with Gasteiger partial charge in [-0.05, 0) is 39.5 Å². The molecule has 1 aliphatic carbocycles. The SMILES string of the molecule is Cc1noc(C)c1CC(=O)NCCc1nc2c(s1)CCCC2. The fraction of sp³-hybridized carbons (Fsp3) is 0.562. The number of aromatic nitrogens is 2. The molecule has 6 heteroatoms. The van der Waals surface area contributed by atoms with Crippen molar-refractivity contribution in [3.05, 3.63) is 32.6 Å². The molecule has 0 aliphatic heterocycles. The molecule has 1 amide bonds. The summed E-state index contributed by atoms with van der Waals surface area (Å²) in [5.41, 5.74) is 2.97. The monoisotopic (exact) mass is 319 g/mol. The van der Waals surface area contributed by atoms with Crippen LogP contribution in [0, 0.1) is 13.8 Å². The van der Waals surface area contributed by atoms with Crippen LogP contribution in [0.1, 0.15) is 45.4 Å². The molecule has 0 spiro atoms. The molecule has 2 aromatic rings. The maximum atomic E-state index is 12.0. The van der Waals surface area contributed by atoms with Crippen LogP contribution < -0.4 is 5.32 Å². The number of carbonyl (C=O) groups excluding carboxylic acids is 1. The maximum absolute atomic E-state index is 12.0. The van der Waals surface area contributed by atoms with Crippen molar-refractivity contribution >= 4 is 17.2 Å². The van der Waals surface area contributed by atoms with Crippen molar-refractivity contribution in [3.8, 4) is 0 Å². The van der Waals surface area contributed by atoms with Gasteiger partial charge in [0.15, 0.2) is 0 Å². The first-order valence-corrected chi connectivity index (χ1v) is 8.61. The number of hydrogen-bond donors (Lipinski definition) is 1. The molecule has 2 aromatic heterocycles. The third-order valence-corrected chi connectivity index (χ3v) is 5.29. The lowest BCUT2D eigenvalue weighted by Crippen LogP contribution is -2.27. The van der Waals surface area contributed by atoms with E-state index >= 15 is 0 Å². The average Bonchev–Trinajstić information content (AvgIpc) is 3.05. The molecular formula is C16H21N3O2S. The molecule has 0 unspecified atom stereocenters. The zero-order valence-electron chi connectivity index (χ0n) is 13.1. The Morgan fingerprint density at radius 3 is 2.86 bits per heavy atom. The Bertz CT molecular complexity index is 632. The largest absolute Gasteiger partial charge is 0.361 e. The number of nitrogens with one attached hydrogen (secondary N) is 1. The number of carbonyl (C=O) groups is 1. The van der Waals surface area contributed by atoms with Crippen LogP contribution in [0.5, 0.6) is 0 Å². The van der Waals surface area contributed by atoms with Gasteiger partial charge in [-0.1, -0.05) is 5.16 Å². The fourth-order valence-electron chi connectivity index (χ4n) is 2.80. The number of fused-ring (bicyclic) bond motifs is 1. The van der Waals surface area contributed by atoms with Crippen LogP contribution in [0.15, 0.2) is 4.52 Å². The van der Waals surface area contributed by atoms with Gasteiger partial charge >= 0.3 is 0 Å². The van der Waals surface area contributed by atoms with E-state index in [9.17, 15) is 4.79 Å². The number of nitrogens with zero attached hydrogens (tertiary/aromatic N) is 2. The van der Waals surface area contributed by atoms with E-state index in [1.807, 2.05) is 25.2 Å². The van der Waals surface area contributed by atoms with Crippen molar-refractivity contribution in [3.63, 3.8) is 0 Å². The van der Waals surface area contributed by atoms with Crippen LogP contribution in [-0.2, 0) is 30.5 Å². The molecule has 0 bridgehead atoms. The lowest BCUT2D eigenvalue weighted by Gasteiger charge is -2.06. The van der Waals surface area contributed by atoms with E-state index in [0.29, 0.717) is 13.0 Å². The second kappa shape index (κ2) is 6.60. The normalized spacial score (nSPS) is 13.9. The molecule has 0 fully saturated rings. The van der Waals surface area contributed by atoms with E-state index in [1.54, 1.807) is 0 Å². The molecule has 0 radical (unpaired) electrons. The highest BCUT2D eigenvalue weighted by Gasteiger charge is 2.16. The lowest BCUT2D eigenvalue weighted by molar-refractivity contribution is -0.120. The van der Waals surface area contributed by atoms with Gasteiger partial charge in [-0.25, -0.2) is 4.98 Å². The minimum absolute atomic E-state index is 0.00993. The minimum atomic E-state index is 0.00993. The number of rotatable bonds is 5. The van der Waals surface area contributed by atoms with Crippen molar-refractivity contribution in [2.24, 2.45) is 0 Å². The highest BCUT2D eigenvalue weighted by Crippen LogP contribution is 2.26. The van der Waals surface area contributed by atoms with E-state index in [2.05, 4.69) is 10.5 Å². The molecule has 22 heavy (non-hydrogen) atoms. The van der Waals surface area contributed by atoms with Crippen molar-refractivity contribution in [1.29, 1.82) is 0 Å². The Labute approximate surface area is 134 Å². The standard InChI is InChI=1S/C16H21N3O2S/c1-10-12(11(2)21-19-10)9-15(20)17-8-7-16-18-13-5-3-4-6-14(13)22-16/h3-9H2,1-2H3,(H,17,20). The van der Waals surface area contributed by atoms with Crippen molar-refractivity contribution in [2.45, 2.75) is 52.4 Å². The molecule has 0 saturated heterocycles. The van der Waals surface area contributed by atoms with Gasteiger partial charge in [0, 0.05) is 23.4 Å². The van der Waals surface area contributed by atoms with Crippen molar-refractivity contribution in [1.82, 2.24) is 15.5 Å². The van der Waals surface area contributed by atoms with Gasteiger partial charge in [-0.15, -0.1) is 11.3 Å². The van der Waals surface area contributed by atoms with Crippen LogP contribution >= 0.6 is 11.3 Å². The second-order valence-electron chi connectivity index (χ2n) is 5.76. The van der Waals surface area contributed by atoms with Crippen LogP contribution in [0.25, 0.3) is 0 Å². The topological polar surface area (TPSA) is 68.0 Å². The Balaban J connectivity index is 1.48. The Morgan fingerprint density at radius 2 is 2.14 bits per heavy atom. The van der Waals surface area contributed by atoms with Gasteiger partial charge < -0.3 is 9.84 Å². The van der Waals surface area contributed by atoms with E-state index in [4.69, 9.17) is 9.51 Å². The van der Waals surface area contributed by atoms with Crippen LogP contribution in [0.3, 0.4) is 0 Å². The second-order valence-corrected chi connectivity index (χ2v) is 6.93.